The molecule has 21 rings (SSSR count). The third-order valence-electron chi connectivity index (χ3n) is 27.9. The Kier molecular flexibility index (Phi) is 61.5. The predicted molar refractivity (Wildman–Crippen MR) is 517 cm³/mol. The highest BCUT2D eigenvalue weighted by atomic mass is 31.2. The zero-order valence-electron chi connectivity index (χ0n) is 90.4. The maximum absolute atomic E-state index is 14.4. The quantitative estimate of drug-likeness (QED) is 0.0318. The summed E-state index contributed by atoms with van der Waals surface area (Å²) in [6, 6.07) is 0. The van der Waals surface area contributed by atoms with Crippen LogP contribution in [0, 0.1) is 0 Å². The summed E-state index contributed by atoms with van der Waals surface area (Å²) in [7, 11) is 24.4. The van der Waals surface area contributed by atoms with Crippen LogP contribution in [0.1, 0.15) is 181 Å². The van der Waals surface area contributed by atoms with Gasteiger partial charge in [-0.05, 0) is 12.8 Å². The first-order valence-electron chi connectivity index (χ1n) is 51.9. The molecule has 47 heteroatoms. The van der Waals surface area contributed by atoms with Crippen molar-refractivity contribution in [2.45, 2.75) is 402 Å². The number of methoxy groups -OCH3 is 20. The van der Waals surface area contributed by atoms with E-state index in [-0.39, 0.29) is 65.6 Å². The molecule has 0 aromatic heterocycles. The van der Waals surface area contributed by atoms with Crippen molar-refractivity contribution >= 4 is 31.6 Å². The monoisotopic (exact) mass is 2130 g/mol. The van der Waals surface area contributed by atoms with Crippen LogP contribution in [0.25, 0.3) is 0 Å². The van der Waals surface area contributed by atoms with Crippen LogP contribution in [0.4, 0.5) is 0 Å². The summed E-state index contributed by atoms with van der Waals surface area (Å²) in [6.07, 6.45) is -18.4. The van der Waals surface area contributed by atoms with Gasteiger partial charge in [0, 0.05) is 181 Å². The molecule has 854 valence electrons. The number of hydrogen-bond acceptors (Lipinski definition) is 43. The minimum Gasteiger partial charge on any atom is -0.462 e. The van der Waals surface area contributed by atoms with Crippen LogP contribution in [0.5, 0.6) is 0 Å². The highest BCUT2D eigenvalue weighted by Crippen LogP contribution is 2.46. The first-order valence-corrected chi connectivity index (χ1v) is 53.4. The summed E-state index contributed by atoms with van der Waals surface area (Å²) in [4.78, 5) is 65.3. The largest absolute Gasteiger partial charge is 0.472 e. The maximum Gasteiger partial charge on any atom is 0.472 e. The first-order chi connectivity index (χ1) is 70.9. The second-order valence-corrected chi connectivity index (χ2v) is 39.1. The molecule has 0 spiro atoms. The fourth-order valence-electron chi connectivity index (χ4n) is 20.4. The Balaban J connectivity index is 1.06. The SMILES string of the molecule is CCCCCCCCCCCCCC(=O)OC[C@@H](COP(=O)(O)OCCNC(=O)CCC(=O)NCC1O[C@@H]2O[C@H]3[C@@H](OC)[C@H](OC)[C@@H](O[C@@H]4[C@@H](OC)[C@H](OC)[C@H](O[C@@H]5[C@@H](OC)[C@@H](OC)C(O[C@@H]6[C@H](OC)[C@@H](OC)[C@H](O[C@@H]7[C@H](OC)[C@@H](OC)[C@H](O[C@@H]8[C@H](OC)[C@@H](OC)[C@@H](O[C@H]8COC)O[C@H]1[C@@H](OC)[C@@H]2OC)O[C@H]7COC)O[C@H]6COC)O[C@@H]5COC)O[C@@H]4COC)O[C@@H]3COC)OC(=O)CCCCCCCCCCCCC. The third kappa shape index (κ3) is 37.7. The van der Waals surface area contributed by atoms with Crippen LogP contribution in [-0.4, -0.2) is 464 Å². The molecule has 146 heavy (non-hydrogen) atoms. The molecule has 0 aromatic carbocycles. The molecular weight excluding hydrogens is 1950 g/mol. The van der Waals surface area contributed by atoms with Gasteiger partial charge in [-0.15, -0.1) is 0 Å². The maximum atomic E-state index is 14.4. The first kappa shape index (κ1) is 128. The number of nitrogens with one attached hydrogen (secondary N) is 2. The van der Waals surface area contributed by atoms with E-state index < -0.39 is 285 Å². The number of amides is 2. The van der Waals surface area contributed by atoms with Crippen LogP contribution in [0.2, 0.25) is 0 Å². The number of carbonyl (C=O) groups is 4. The fraction of sp³-hybridized carbons (Fsp3) is 0.960. The van der Waals surface area contributed by atoms with Gasteiger partial charge in [0.2, 0.25) is 11.8 Å². The number of phosphoric acid groups is 1. The van der Waals surface area contributed by atoms with E-state index in [4.69, 9.17) is 180 Å². The lowest BCUT2D eigenvalue weighted by Gasteiger charge is -2.52. The smallest absolute Gasteiger partial charge is 0.462 e. The molecule has 0 saturated carbocycles. The Morgan fingerprint density at radius 2 is 0.493 bits per heavy atom. The van der Waals surface area contributed by atoms with E-state index in [0.717, 1.165) is 51.4 Å². The normalized spacial score (nSPS) is 35.3. The summed E-state index contributed by atoms with van der Waals surface area (Å²) in [6.45, 7) is 1.38. The molecule has 0 aromatic rings. The summed E-state index contributed by atoms with van der Waals surface area (Å²) < 4.78 is 258. The topological polar surface area (TPSA) is 480 Å². The van der Waals surface area contributed by atoms with Gasteiger partial charge in [0.1, 0.15) is 178 Å². The van der Waals surface area contributed by atoms with Crippen molar-refractivity contribution in [3.8, 4) is 0 Å². The Labute approximate surface area is 863 Å². The van der Waals surface area contributed by atoms with Gasteiger partial charge in [-0.2, -0.15) is 0 Å². The highest BCUT2D eigenvalue weighted by Gasteiger charge is 2.63. The van der Waals surface area contributed by atoms with Crippen LogP contribution in [-0.2, 0) is 203 Å². The van der Waals surface area contributed by atoms with Gasteiger partial charge in [-0.1, -0.05) is 142 Å². The molecule has 21 aliphatic heterocycles. The van der Waals surface area contributed by atoms with Gasteiger partial charge in [0.15, 0.2) is 50.1 Å². The second kappa shape index (κ2) is 70.3. The molecule has 21 fully saturated rings. The van der Waals surface area contributed by atoms with E-state index in [0.29, 0.717) is 12.8 Å². The zero-order valence-corrected chi connectivity index (χ0v) is 91.3. The molecule has 3 N–H and O–H groups in total. The average molecular weight is 2130 g/mol. The molecule has 0 aliphatic carbocycles. The van der Waals surface area contributed by atoms with Crippen molar-refractivity contribution < 1.29 is 208 Å². The highest BCUT2D eigenvalue weighted by molar-refractivity contribution is 7.47. The summed E-state index contributed by atoms with van der Waals surface area (Å²) in [5.74, 6) is -2.36. The van der Waals surface area contributed by atoms with Crippen LogP contribution in [0.15, 0.2) is 0 Å². The van der Waals surface area contributed by atoms with Crippen LogP contribution >= 0.6 is 7.82 Å². The van der Waals surface area contributed by atoms with Crippen molar-refractivity contribution in [3.63, 3.8) is 0 Å². The van der Waals surface area contributed by atoms with Gasteiger partial charge in [-0.3, -0.25) is 28.2 Å². The van der Waals surface area contributed by atoms with Crippen molar-refractivity contribution in [2.24, 2.45) is 0 Å². The number of unbranched alkanes of at least 4 members (excludes halogenated alkanes) is 20. The Morgan fingerprint density at radius 1 is 0.267 bits per heavy atom. The molecule has 2 amide bonds. The number of phosphoric ester groups is 1. The Hall–Kier alpha value is -3.37. The molecule has 3 unspecified atom stereocenters. The lowest BCUT2D eigenvalue weighted by Crippen LogP contribution is -2.69. The van der Waals surface area contributed by atoms with Gasteiger partial charge < -0.3 is 186 Å². The van der Waals surface area contributed by atoms with E-state index >= 15 is 0 Å². The number of esters is 2. The predicted octanol–water partition coefficient (Wildman–Crippen LogP) is 6.86. The molecule has 21 aliphatic rings. The lowest BCUT2D eigenvalue weighted by atomic mass is 9.94. The Bertz CT molecular complexity index is 3520. The average Bonchev–Trinajstić information content (AvgIpc) is 0.782. The van der Waals surface area contributed by atoms with Crippen LogP contribution in [0.3, 0.4) is 0 Å². The Morgan fingerprint density at radius 3 is 0.740 bits per heavy atom. The molecule has 14 bridgehead atoms. The number of hydrogen-bond donors (Lipinski definition) is 3. The third-order valence-corrected chi connectivity index (χ3v) is 28.8. The molecule has 0 radical (unpaired) electrons. The fourth-order valence-corrected chi connectivity index (χ4v) is 21.1. The van der Waals surface area contributed by atoms with Crippen molar-refractivity contribution in [2.75, 3.05) is 215 Å². The molecule has 21 saturated heterocycles. The summed E-state index contributed by atoms with van der Waals surface area (Å²) in [5.41, 5.74) is 0. The van der Waals surface area contributed by atoms with E-state index in [1.54, 1.807) is 0 Å². The number of rotatable bonds is 65. The zero-order chi connectivity index (χ0) is 106. The van der Waals surface area contributed by atoms with Crippen molar-refractivity contribution in [1.82, 2.24) is 10.6 Å². The molecular formula is C99H179N2O44P. The number of ether oxygens (including phenoxy) is 36. The molecule has 21 heterocycles. The van der Waals surface area contributed by atoms with Gasteiger partial charge in [-0.25, -0.2) is 4.57 Å². The second-order valence-electron chi connectivity index (χ2n) is 37.7. The minimum absolute atomic E-state index is 0.0883. The molecule has 37 atom stereocenters. The molecule has 46 nitrogen and oxygen atoms in total. The summed E-state index contributed by atoms with van der Waals surface area (Å²) >= 11 is 0. The van der Waals surface area contributed by atoms with Gasteiger partial charge in [0.25, 0.3) is 0 Å². The minimum atomic E-state index is -4.90. The standard InChI is InChI=1S/C99H179N2O44P/c1-23-25-27-29-31-33-35-37-39-41-43-45-70(104)128-52-60(131-71(105)46-44-42-40-38-36-34-32-30-28-26-24-2)53-130-146(106,107)129-50-49-100-68(102)47-48-69(103)101-51-61-72-79(114-9)86(121-16)93(132-61)140-73-62(54-108-3)134-95(88(123-18)80(73)115-10)142-75-64(56-110-5)136-97(90(125-20)82(75)117-12)144-77-66(58-112-7)138-99(92(127-22)84(77)119-14)145-78-67(59-113-8)137-98(91(126-21)85(78)120-15)143-76-65(57-111-6)135-96(89(124-19)83(76)118-13)141-74-63(55-109-4)133-94(139-72)87(122-17)81(74)116-11/h60-67,72-99H,23-59H2,1-22H3,(H,100,102)(H,101,103)(H,106,107)/t60-,61?,62+,63-,64+,65-,66+,67-,72+,73+,74-,75-,76-,77-,78-,79+,80+,81-,82+,83-,84+,85-,86-,87+,88-,89+,90-,91+,92+,93+,94-,95+,96-,97-,98-,99?/m0/s1. The van der Waals surface area contributed by atoms with E-state index in [1.807, 2.05) is 0 Å². The van der Waals surface area contributed by atoms with Gasteiger partial charge >= 0.3 is 19.8 Å². The van der Waals surface area contributed by atoms with Gasteiger partial charge in [0.05, 0.1) is 52.9 Å². The van der Waals surface area contributed by atoms with Crippen LogP contribution < -0.4 is 10.6 Å². The lowest BCUT2D eigenvalue weighted by molar-refractivity contribution is -0.402. The van der Waals surface area contributed by atoms with Crippen molar-refractivity contribution in [3.05, 3.63) is 0 Å². The van der Waals surface area contributed by atoms with E-state index in [9.17, 15) is 28.6 Å². The number of carbonyl (C=O) groups excluding carboxylic acids is 4. The van der Waals surface area contributed by atoms with E-state index in [1.165, 1.54) is 219 Å². The van der Waals surface area contributed by atoms with E-state index in [2.05, 4.69) is 24.5 Å². The summed E-state index contributed by atoms with van der Waals surface area (Å²) in [5, 5.41) is 5.51. The van der Waals surface area contributed by atoms with Crippen molar-refractivity contribution in [1.29, 1.82) is 0 Å².